The Kier molecular flexibility index (Phi) is 6.57. The highest BCUT2D eigenvalue weighted by atomic mass is 19.4. The first-order valence-electron chi connectivity index (χ1n) is 12.2. The summed E-state index contributed by atoms with van der Waals surface area (Å²) in [5, 5.41) is 4.76. The number of rotatable bonds is 2. The number of morpholine rings is 1. The molecule has 35 heavy (non-hydrogen) atoms. The third-order valence-corrected chi connectivity index (χ3v) is 6.87. The highest BCUT2D eigenvalue weighted by molar-refractivity contribution is 5.69. The quantitative estimate of drug-likeness (QED) is 0.513. The summed E-state index contributed by atoms with van der Waals surface area (Å²) in [5.74, 6) is -1.27. The molecule has 1 aliphatic heterocycles. The fourth-order valence-corrected chi connectivity index (χ4v) is 4.96. The molecule has 1 saturated carbocycles. The van der Waals surface area contributed by atoms with Crippen LogP contribution in [0.15, 0.2) is 12.1 Å². The lowest BCUT2D eigenvalue weighted by Crippen LogP contribution is -2.57. The van der Waals surface area contributed by atoms with Gasteiger partial charge in [0.05, 0.1) is 36.0 Å². The van der Waals surface area contributed by atoms with E-state index in [-0.39, 0.29) is 25.3 Å². The number of ether oxygens (including phenoxy) is 2. The highest BCUT2D eigenvalue weighted by Gasteiger charge is 2.43. The molecule has 1 aliphatic carbocycles. The zero-order chi connectivity index (χ0) is 25.8. The molecule has 0 spiro atoms. The zero-order valence-electron chi connectivity index (χ0n) is 21.3. The second kappa shape index (κ2) is 8.94. The number of alkyl halides is 3. The summed E-state index contributed by atoms with van der Waals surface area (Å²) in [5.41, 5.74) is 1.75. The number of nitrogens with zero attached hydrogens (tertiary/aromatic N) is 4. The van der Waals surface area contributed by atoms with Crippen molar-refractivity contribution < 1.29 is 27.4 Å². The van der Waals surface area contributed by atoms with E-state index in [1.165, 1.54) is 0 Å². The summed E-state index contributed by atoms with van der Waals surface area (Å²) in [7, 11) is 0. The molecule has 7 nitrogen and oxygen atoms in total. The maximum atomic E-state index is 13.1. The van der Waals surface area contributed by atoms with Crippen molar-refractivity contribution in [1.82, 2.24) is 19.5 Å². The molecule has 2 aromatic heterocycles. The Balaban J connectivity index is 1.60. The van der Waals surface area contributed by atoms with Crippen LogP contribution in [0.2, 0.25) is 0 Å². The number of hydrogen-bond donors (Lipinski definition) is 0. The minimum Gasteiger partial charge on any atom is -0.444 e. The van der Waals surface area contributed by atoms with Crippen molar-refractivity contribution in [3.63, 3.8) is 0 Å². The van der Waals surface area contributed by atoms with E-state index in [4.69, 9.17) is 14.6 Å². The normalized spacial score (nSPS) is 25.6. The predicted molar refractivity (Wildman–Crippen MR) is 124 cm³/mol. The van der Waals surface area contributed by atoms with Gasteiger partial charge in [-0.05, 0) is 73.3 Å². The van der Waals surface area contributed by atoms with Gasteiger partial charge in [0.1, 0.15) is 11.7 Å². The summed E-state index contributed by atoms with van der Waals surface area (Å²) in [4.78, 5) is 19.3. The largest absolute Gasteiger partial charge is 0.444 e. The SMILES string of the molecule is Cc1cc([C@@H]2CN(C(=O)OC(C)(C)C)C(C)(C)CO2)n2nc(C3CCC(C(F)(F)F)CC3)cc2n1. The third kappa shape index (κ3) is 5.57. The van der Waals surface area contributed by atoms with E-state index in [9.17, 15) is 18.0 Å². The van der Waals surface area contributed by atoms with Gasteiger partial charge < -0.3 is 9.47 Å². The number of aryl methyl sites for hydroxylation is 1. The van der Waals surface area contributed by atoms with Crippen molar-refractivity contribution in [3.8, 4) is 0 Å². The Bertz CT molecular complexity index is 1080. The lowest BCUT2D eigenvalue weighted by atomic mass is 9.80. The van der Waals surface area contributed by atoms with Crippen LogP contribution in [0.4, 0.5) is 18.0 Å². The van der Waals surface area contributed by atoms with Crippen LogP contribution in [0.25, 0.3) is 5.65 Å². The van der Waals surface area contributed by atoms with Crippen LogP contribution in [0.5, 0.6) is 0 Å². The van der Waals surface area contributed by atoms with Gasteiger partial charge in [-0.3, -0.25) is 4.90 Å². The van der Waals surface area contributed by atoms with Crippen LogP contribution >= 0.6 is 0 Å². The topological polar surface area (TPSA) is 69.0 Å². The number of aromatic nitrogens is 3. The fraction of sp³-hybridized carbons (Fsp3) is 0.720. The molecule has 4 rings (SSSR count). The standard InChI is InChI=1S/C25H35F3N4O3/c1-15-11-19(20-13-31(24(5,6)14-34-20)22(33)35-23(2,3)4)32-21(29-15)12-18(30-32)16-7-9-17(10-8-16)25(26,27)28/h11-12,16-17,20H,7-10,13-14H2,1-6H3/t16?,17?,20-/m0/s1. The molecule has 0 aromatic carbocycles. The Morgan fingerprint density at radius 1 is 1.14 bits per heavy atom. The number of amides is 1. The zero-order valence-corrected chi connectivity index (χ0v) is 21.3. The second-order valence-corrected chi connectivity index (χ2v) is 11.5. The summed E-state index contributed by atoms with van der Waals surface area (Å²) in [6.45, 7) is 11.8. The fourth-order valence-electron chi connectivity index (χ4n) is 4.96. The average molecular weight is 497 g/mol. The van der Waals surface area contributed by atoms with Crippen molar-refractivity contribution in [2.45, 2.75) is 96.6 Å². The smallest absolute Gasteiger partial charge is 0.410 e. The number of halogens is 3. The minimum atomic E-state index is -4.14. The van der Waals surface area contributed by atoms with E-state index in [0.717, 1.165) is 17.1 Å². The first-order valence-corrected chi connectivity index (χ1v) is 12.2. The molecular formula is C25H35F3N4O3. The van der Waals surface area contributed by atoms with Crippen molar-refractivity contribution in [2.75, 3.05) is 13.2 Å². The Morgan fingerprint density at radius 2 is 1.80 bits per heavy atom. The molecule has 2 aromatic rings. The molecule has 0 bridgehead atoms. The molecule has 0 unspecified atom stereocenters. The van der Waals surface area contributed by atoms with Gasteiger partial charge in [-0.25, -0.2) is 14.3 Å². The van der Waals surface area contributed by atoms with E-state index in [2.05, 4.69) is 4.98 Å². The van der Waals surface area contributed by atoms with Gasteiger partial charge in [0, 0.05) is 17.7 Å². The van der Waals surface area contributed by atoms with Crippen LogP contribution in [-0.2, 0) is 9.47 Å². The van der Waals surface area contributed by atoms with Gasteiger partial charge in [-0.1, -0.05) is 0 Å². The molecule has 2 fully saturated rings. The van der Waals surface area contributed by atoms with Gasteiger partial charge in [0.2, 0.25) is 0 Å². The van der Waals surface area contributed by atoms with Crippen LogP contribution < -0.4 is 0 Å². The molecule has 1 atom stereocenters. The van der Waals surface area contributed by atoms with E-state index < -0.39 is 35.4 Å². The molecule has 1 saturated heterocycles. The van der Waals surface area contributed by atoms with Crippen LogP contribution in [0, 0.1) is 12.8 Å². The van der Waals surface area contributed by atoms with Gasteiger partial charge in [-0.15, -0.1) is 0 Å². The minimum absolute atomic E-state index is 0.0343. The van der Waals surface area contributed by atoms with Crippen molar-refractivity contribution in [2.24, 2.45) is 5.92 Å². The van der Waals surface area contributed by atoms with E-state index in [1.807, 2.05) is 53.7 Å². The third-order valence-electron chi connectivity index (χ3n) is 6.87. The summed E-state index contributed by atoms with van der Waals surface area (Å²) < 4.78 is 52.8. The van der Waals surface area contributed by atoms with Crippen LogP contribution in [0.1, 0.15) is 89.4 Å². The molecule has 0 N–H and O–H groups in total. The second-order valence-electron chi connectivity index (χ2n) is 11.5. The first-order chi connectivity index (χ1) is 16.1. The average Bonchev–Trinajstić information content (AvgIpc) is 3.15. The summed E-state index contributed by atoms with van der Waals surface area (Å²) in [6.07, 6.45) is -3.86. The van der Waals surface area contributed by atoms with Crippen LogP contribution in [-0.4, -0.2) is 56.1 Å². The van der Waals surface area contributed by atoms with Crippen LogP contribution in [0.3, 0.4) is 0 Å². The summed E-state index contributed by atoms with van der Waals surface area (Å²) >= 11 is 0. The van der Waals surface area contributed by atoms with Gasteiger partial charge in [0.25, 0.3) is 0 Å². The van der Waals surface area contributed by atoms with Gasteiger partial charge >= 0.3 is 12.3 Å². The van der Waals surface area contributed by atoms with E-state index in [0.29, 0.717) is 25.1 Å². The molecule has 3 heterocycles. The van der Waals surface area contributed by atoms with Crippen molar-refractivity contribution >= 4 is 11.7 Å². The Labute approximate surface area is 204 Å². The monoisotopic (exact) mass is 496 g/mol. The van der Waals surface area contributed by atoms with E-state index >= 15 is 0 Å². The molecular weight excluding hydrogens is 461 g/mol. The van der Waals surface area contributed by atoms with Gasteiger partial charge in [0.15, 0.2) is 5.65 Å². The molecule has 194 valence electrons. The van der Waals surface area contributed by atoms with E-state index in [1.54, 1.807) is 9.42 Å². The Hall–Kier alpha value is -2.36. The number of carbonyl (C=O) groups is 1. The predicted octanol–water partition coefficient (Wildman–Crippen LogP) is 5.96. The number of carbonyl (C=O) groups excluding carboxylic acids is 1. The molecule has 2 aliphatic rings. The van der Waals surface area contributed by atoms with Gasteiger partial charge in [-0.2, -0.15) is 18.3 Å². The maximum Gasteiger partial charge on any atom is 0.410 e. The number of fused-ring (bicyclic) bond motifs is 1. The molecule has 1 amide bonds. The highest BCUT2D eigenvalue weighted by Crippen LogP contribution is 2.43. The molecule has 10 heteroatoms. The maximum absolute atomic E-state index is 13.1. The first kappa shape index (κ1) is 25.7. The summed E-state index contributed by atoms with van der Waals surface area (Å²) in [6, 6.07) is 3.76. The molecule has 0 radical (unpaired) electrons. The van der Waals surface area contributed by atoms with Crippen molar-refractivity contribution in [1.29, 1.82) is 0 Å². The lowest BCUT2D eigenvalue weighted by Gasteiger charge is -2.45. The van der Waals surface area contributed by atoms with Crippen molar-refractivity contribution in [3.05, 3.63) is 29.2 Å². The number of hydrogen-bond acceptors (Lipinski definition) is 5. The Morgan fingerprint density at radius 3 is 2.40 bits per heavy atom. The lowest BCUT2D eigenvalue weighted by molar-refractivity contribution is -0.182.